The SMILES string of the molecule is CNC(C)(C#N)CCCCN(CCC(C)C)C1CC1. The molecule has 0 radical (unpaired) electrons. The zero-order valence-corrected chi connectivity index (χ0v) is 13.2. The Morgan fingerprint density at radius 1 is 1.32 bits per heavy atom. The molecule has 1 saturated carbocycles. The monoisotopic (exact) mass is 265 g/mol. The van der Waals surface area contributed by atoms with Gasteiger partial charge in [-0.25, -0.2) is 0 Å². The van der Waals surface area contributed by atoms with Crippen LogP contribution in [0.15, 0.2) is 0 Å². The number of nitrogens with one attached hydrogen (secondary N) is 1. The van der Waals surface area contributed by atoms with Crippen LogP contribution in [0.2, 0.25) is 0 Å². The molecule has 1 aliphatic rings. The summed E-state index contributed by atoms with van der Waals surface area (Å²) in [7, 11) is 1.88. The minimum Gasteiger partial charge on any atom is -0.303 e. The number of unbranched alkanes of at least 4 members (excludes halogenated alkanes) is 1. The summed E-state index contributed by atoms with van der Waals surface area (Å²) >= 11 is 0. The molecule has 3 nitrogen and oxygen atoms in total. The van der Waals surface area contributed by atoms with E-state index >= 15 is 0 Å². The van der Waals surface area contributed by atoms with Crippen molar-refractivity contribution in [2.24, 2.45) is 5.92 Å². The van der Waals surface area contributed by atoms with Crippen molar-refractivity contribution in [1.82, 2.24) is 10.2 Å². The van der Waals surface area contributed by atoms with Gasteiger partial charge in [0.1, 0.15) is 5.54 Å². The second kappa shape index (κ2) is 7.87. The summed E-state index contributed by atoms with van der Waals surface area (Å²) in [5, 5.41) is 12.2. The van der Waals surface area contributed by atoms with Crippen LogP contribution in [0.5, 0.6) is 0 Å². The molecule has 0 aromatic rings. The van der Waals surface area contributed by atoms with Gasteiger partial charge in [-0.05, 0) is 71.5 Å². The third-order valence-corrected chi connectivity index (χ3v) is 4.23. The second-order valence-corrected chi connectivity index (χ2v) is 6.60. The zero-order chi connectivity index (χ0) is 14.3. The van der Waals surface area contributed by atoms with Crippen LogP contribution < -0.4 is 5.32 Å². The van der Waals surface area contributed by atoms with Gasteiger partial charge < -0.3 is 10.2 Å². The highest BCUT2D eigenvalue weighted by Gasteiger charge is 2.28. The summed E-state index contributed by atoms with van der Waals surface area (Å²) in [5.74, 6) is 0.799. The van der Waals surface area contributed by atoms with Crippen LogP contribution in [0, 0.1) is 17.2 Å². The highest BCUT2D eigenvalue weighted by molar-refractivity contribution is 5.02. The van der Waals surface area contributed by atoms with Crippen LogP contribution in [-0.2, 0) is 0 Å². The summed E-state index contributed by atoms with van der Waals surface area (Å²) < 4.78 is 0. The molecule has 0 bridgehead atoms. The van der Waals surface area contributed by atoms with E-state index in [0.29, 0.717) is 0 Å². The lowest BCUT2D eigenvalue weighted by atomic mass is 9.97. The first-order valence-corrected chi connectivity index (χ1v) is 7.85. The molecule has 1 unspecified atom stereocenters. The van der Waals surface area contributed by atoms with Gasteiger partial charge in [0, 0.05) is 6.04 Å². The van der Waals surface area contributed by atoms with Crippen molar-refractivity contribution in [1.29, 1.82) is 5.26 Å². The number of nitriles is 1. The van der Waals surface area contributed by atoms with Crippen molar-refractivity contribution in [2.45, 2.75) is 70.9 Å². The van der Waals surface area contributed by atoms with Gasteiger partial charge in [0.05, 0.1) is 6.07 Å². The molecule has 19 heavy (non-hydrogen) atoms. The number of rotatable bonds is 10. The Kier molecular flexibility index (Phi) is 6.82. The fraction of sp³-hybridized carbons (Fsp3) is 0.938. The van der Waals surface area contributed by atoms with Crippen LogP contribution in [0.3, 0.4) is 0 Å². The van der Waals surface area contributed by atoms with Crippen molar-refractivity contribution in [3.05, 3.63) is 0 Å². The summed E-state index contributed by atoms with van der Waals surface area (Å²) in [5.41, 5.74) is -0.345. The van der Waals surface area contributed by atoms with E-state index in [1.807, 2.05) is 14.0 Å². The molecule has 1 aliphatic carbocycles. The van der Waals surface area contributed by atoms with Gasteiger partial charge in [0.2, 0.25) is 0 Å². The number of hydrogen-bond donors (Lipinski definition) is 1. The molecule has 1 atom stereocenters. The molecule has 1 fully saturated rings. The maximum absolute atomic E-state index is 9.11. The molecule has 0 aliphatic heterocycles. The predicted octanol–water partition coefficient (Wildman–Crippen LogP) is 3.17. The quantitative estimate of drug-likeness (QED) is 0.617. The third-order valence-electron chi connectivity index (χ3n) is 4.23. The minimum absolute atomic E-state index is 0.345. The zero-order valence-electron chi connectivity index (χ0n) is 13.2. The van der Waals surface area contributed by atoms with E-state index < -0.39 is 0 Å². The maximum atomic E-state index is 9.11. The molecule has 0 aromatic carbocycles. The first-order valence-electron chi connectivity index (χ1n) is 7.85. The second-order valence-electron chi connectivity index (χ2n) is 6.60. The first-order chi connectivity index (χ1) is 9.00. The van der Waals surface area contributed by atoms with Gasteiger partial charge >= 0.3 is 0 Å². The highest BCUT2D eigenvalue weighted by atomic mass is 15.2. The summed E-state index contributed by atoms with van der Waals surface area (Å²) in [6, 6.07) is 3.23. The molecule has 0 heterocycles. The molecule has 1 rings (SSSR count). The molecule has 0 amide bonds. The van der Waals surface area contributed by atoms with E-state index in [-0.39, 0.29) is 5.54 Å². The van der Waals surface area contributed by atoms with Crippen molar-refractivity contribution in [3.63, 3.8) is 0 Å². The Hall–Kier alpha value is -0.590. The van der Waals surface area contributed by atoms with Gasteiger partial charge in [-0.3, -0.25) is 0 Å². The third kappa shape index (κ3) is 6.40. The van der Waals surface area contributed by atoms with Gasteiger partial charge in [0.15, 0.2) is 0 Å². The normalized spacial score (nSPS) is 18.6. The summed E-state index contributed by atoms with van der Waals surface area (Å²) in [6.07, 6.45) is 7.39. The number of hydrogen-bond acceptors (Lipinski definition) is 3. The average molecular weight is 265 g/mol. The van der Waals surface area contributed by atoms with Crippen molar-refractivity contribution >= 4 is 0 Å². The smallest absolute Gasteiger partial charge is 0.103 e. The topological polar surface area (TPSA) is 39.1 Å². The summed E-state index contributed by atoms with van der Waals surface area (Å²) in [4.78, 5) is 2.67. The lowest BCUT2D eigenvalue weighted by molar-refractivity contribution is 0.239. The Labute approximate surface area is 119 Å². The standard InChI is InChI=1S/C16H31N3/c1-14(2)9-12-19(15-7-8-15)11-6-5-10-16(3,13-17)18-4/h14-15,18H,5-12H2,1-4H3. The van der Waals surface area contributed by atoms with Crippen LogP contribution in [0.4, 0.5) is 0 Å². The average Bonchev–Trinajstić information content (AvgIpc) is 3.21. The van der Waals surface area contributed by atoms with Gasteiger partial charge in [-0.2, -0.15) is 5.26 Å². The fourth-order valence-corrected chi connectivity index (χ4v) is 2.37. The van der Waals surface area contributed by atoms with Gasteiger partial charge in [-0.15, -0.1) is 0 Å². The Bertz CT molecular complexity index is 291. The van der Waals surface area contributed by atoms with E-state index in [1.54, 1.807) is 0 Å². The Balaban J connectivity index is 2.20. The molecule has 110 valence electrons. The summed E-state index contributed by atoms with van der Waals surface area (Å²) in [6.45, 7) is 9.06. The molecule has 3 heteroatoms. The van der Waals surface area contributed by atoms with E-state index in [4.69, 9.17) is 5.26 Å². The molecular formula is C16H31N3. The van der Waals surface area contributed by atoms with Crippen molar-refractivity contribution < 1.29 is 0 Å². The van der Waals surface area contributed by atoms with Crippen LogP contribution in [-0.4, -0.2) is 36.6 Å². The van der Waals surface area contributed by atoms with Gasteiger partial charge in [-0.1, -0.05) is 13.8 Å². The molecule has 1 N–H and O–H groups in total. The Morgan fingerprint density at radius 3 is 2.47 bits per heavy atom. The molecule has 0 saturated heterocycles. The largest absolute Gasteiger partial charge is 0.303 e. The lowest BCUT2D eigenvalue weighted by Crippen LogP contribution is -2.38. The molecule has 0 aromatic heterocycles. The maximum Gasteiger partial charge on any atom is 0.103 e. The van der Waals surface area contributed by atoms with E-state index in [2.05, 4.69) is 30.1 Å². The first kappa shape index (κ1) is 16.5. The fourth-order valence-electron chi connectivity index (χ4n) is 2.37. The van der Waals surface area contributed by atoms with Crippen molar-refractivity contribution in [3.8, 4) is 6.07 Å². The van der Waals surface area contributed by atoms with E-state index in [0.717, 1.165) is 24.8 Å². The Morgan fingerprint density at radius 2 is 2.00 bits per heavy atom. The number of nitrogens with zero attached hydrogens (tertiary/aromatic N) is 2. The van der Waals surface area contributed by atoms with E-state index in [1.165, 1.54) is 38.8 Å². The van der Waals surface area contributed by atoms with E-state index in [9.17, 15) is 0 Å². The molecular weight excluding hydrogens is 234 g/mol. The van der Waals surface area contributed by atoms with Crippen LogP contribution in [0.1, 0.15) is 59.3 Å². The minimum atomic E-state index is -0.345. The predicted molar refractivity (Wildman–Crippen MR) is 81.0 cm³/mol. The molecule has 0 spiro atoms. The van der Waals surface area contributed by atoms with Crippen LogP contribution in [0.25, 0.3) is 0 Å². The lowest BCUT2D eigenvalue weighted by Gasteiger charge is -2.24. The highest BCUT2D eigenvalue weighted by Crippen LogP contribution is 2.28. The van der Waals surface area contributed by atoms with Gasteiger partial charge in [0.25, 0.3) is 0 Å². The van der Waals surface area contributed by atoms with Crippen molar-refractivity contribution in [2.75, 3.05) is 20.1 Å². The van der Waals surface area contributed by atoms with Crippen LogP contribution >= 0.6 is 0 Å².